The summed E-state index contributed by atoms with van der Waals surface area (Å²) in [6.07, 6.45) is 1.21. The number of halogens is 1. The highest BCUT2D eigenvalue weighted by Gasteiger charge is 2.36. The van der Waals surface area contributed by atoms with Gasteiger partial charge in [-0.25, -0.2) is 0 Å². The molecule has 0 radical (unpaired) electrons. The second-order valence-corrected chi connectivity index (χ2v) is 7.27. The summed E-state index contributed by atoms with van der Waals surface area (Å²) in [5, 5.41) is 6.88. The molecule has 23 heavy (non-hydrogen) atoms. The van der Waals surface area contributed by atoms with E-state index in [1.807, 2.05) is 30.8 Å². The lowest BCUT2D eigenvalue weighted by atomic mass is 9.97. The lowest BCUT2D eigenvalue weighted by Crippen LogP contribution is -2.54. The van der Waals surface area contributed by atoms with Crippen LogP contribution in [0, 0.1) is 6.92 Å². The number of furan rings is 1. The Hall–Kier alpha value is -0.410. The SMILES string of the molecule is CN=C(NCC1(N(C)C)CCSC1)NC(C)c1ccc(C)o1.I. The average Bonchev–Trinajstić information content (AvgIpc) is 3.13. The van der Waals surface area contributed by atoms with Crippen LogP contribution in [0.2, 0.25) is 0 Å². The molecule has 1 aromatic rings. The molecule has 1 saturated heterocycles. The largest absolute Gasteiger partial charge is 0.464 e. The lowest BCUT2D eigenvalue weighted by Gasteiger charge is -2.36. The fourth-order valence-electron chi connectivity index (χ4n) is 2.65. The van der Waals surface area contributed by atoms with E-state index in [1.54, 1.807) is 7.05 Å². The molecule has 1 aliphatic heterocycles. The molecule has 0 amide bonds. The van der Waals surface area contributed by atoms with Crippen LogP contribution in [0.4, 0.5) is 0 Å². The van der Waals surface area contributed by atoms with Gasteiger partial charge in [-0.1, -0.05) is 0 Å². The number of nitrogens with one attached hydrogen (secondary N) is 2. The second-order valence-electron chi connectivity index (χ2n) is 6.16. The number of rotatable bonds is 5. The molecule has 0 aliphatic carbocycles. The molecule has 2 atom stereocenters. The van der Waals surface area contributed by atoms with E-state index in [1.165, 1.54) is 12.2 Å². The Morgan fingerprint density at radius 1 is 1.48 bits per heavy atom. The van der Waals surface area contributed by atoms with Crippen LogP contribution in [0.3, 0.4) is 0 Å². The first kappa shape index (κ1) is 20.6. The van der Waals surface area contributed by atoms with Gasteiger partial charge in [0.25, 0.3) is 0 Å². The maximum Gasteiger partial charge on any atom is 0.191 e. The monoisotopic (exact) mass is 452 g/mol. The number of aliphatic imine (C=N–C) groups is 1. The third-order valence-electron chi connectivity index (χ3n) is 4.38. The van der Waals surface area contributed by atoms with Crippen LogP contribution in [0.25, 0.3) is 0 Å². The molecule has 0 aromatic carbocycles. The zero-order valence-electron chi connectivity index (χ0n) is 14.7. The zero-order chi connectivity index (χ0) is 16.2. The minimum Gasteiger partial charge on any atom is -0.464 e. The Balaban J connectivity index is 0.00000264. The van der Waals surface area contributed by atoms with Gasteiger partial charge in [0.05, 0.1) is 6.04 Å². The molecule has 0 spiro atoms. The zero-order valence-corrected chi connectivity index (χ0v) is 17.8. The van der Waals surface area contributed by atoms with Crippen molar-refractivity contribution in [2.45, 2.75) is 31.8 Å². The number of nitrogens with zero attached hydrogens (tertiary/aromatic N) is 2. The summed E-state index contributed by atoms with van der Waals surface area (Å²) in [6.45, 7) is 4.94. The fourth-order valence-corrected chi connectivity index (χ4v) is 4.21. The number of thioether (sulfide) groups is 1. The summed E-state index contributed by atoms with van der Waals surface area (Å²) in [5.41, 5.74) is 0.215. The van der Waals surface area contributed by atoms with Gasteiger partial charge < -0.3 is 20.0 Å². The topological polar surface area (TPSA) is 52.8 Å². The molecule has 2 heterocycles. The first-order valence-corrected chi connectivity index (χ1v) is 8.91. The van der Waals surface area contributed by atoms with Crippen molar-refractivity contribution in [3.8, 4) is 0 Å². The van der Waals surface area contributed by atoms with Gasteiger partial charge >= 0.3 is 0 Å². The molecule has 2 rings (SSSR count). The Labute approximate surface area is 161 Å². The van der Waals surface area contributed by atoms with Crippen LogP contribution in [-0.4, -0.2) is 55.6 Å². The summed E-state index contributed by atoms with van der Waals surface area (Å²) in [4.78, 5) is 6.68. The lowest BCUT2D eigenvalue weighted by molar-refractivity contribution is 0.183. The van der Waals surface area contributed by atoms with E-state index in [2.05, 4.69) is 41.5 Å². The molecule has 1 fully saturated rings. The predicted octanol–water partition coefficient (Wildman–Crippen LogP) is 2.87. The number of guanidine groups is 1. The second kappa shape index (κ2) is 9.17. The van der Waals surface area contributed by atoms with E-state index in [0.717, 1.165) is 29.8 Å². The van der Waals surface area contributed by atoms with E-state index < -0.39 is 0 Å². The van der Waals surface area contributed by atoms with Gasteiger partial charge in [0.2, 0.25) is 0 Å². The fraction of sp³-hybridized carbons (Fsp3) is 0.688. The first-order valence-electron chi connectivity index (χ1n) is 7.75. The van der Waals surface area contributed by atoms with Crippen molar-refractivity contribution in [3.63, 3.8) is 0 Å². The van der Waals surface area contributed by atoms with Crippen molar-refractivity contribution in [1.29, 1.82) is 0 Å². The third kappa shape index (κ3) is 5.29. The predicted molar refractivity (Wildman–Crippen MR) is 110 cm³/mol. The molecule has 1 aliphatic rings. The summed E-state index contributed by atoms with van der Waals surface area (Å²) in [5.74, 6) is 5.07. The molecule has 0 bridgehead atoms. The molecule has 2 unspecified atom stereocenters. The van der Waals surface area contributed by atoms with Crippen molar-refractivity contribution < 1.29 is 4.42 Å². The van der Waals surface area contributed by atoms with Gasteiger partial charge in [0.15, 0.2) is 5.96 Å². The summed E-state index contributed by atoms with van der Waals surface area (Å²) in [7, 11) is 6.14. The van der Waals surface area contributed by atoms with Gasteiger partial charge in [-0.2, -0.15) is 11.8 Å². The highest BCUT2D eigenvalue weighted by Crippen LogP contribution is 2.31. The summed E-state index contributed by atoms with van der Waals surface area (Å²) >= 11 is 2.03. The van der Waals surface area contributed by atoms with Crippen LogP contribution < -0.4 is 10.6 Å². The molecule has 7 heteroatoms. The van der Waals surface area contributed by atoms with E-state index in [4.69, 9.17) is 4.42 Å². The smallest absolute Gasteiger partial charge is 0.191 e. The van der Waals surface area contributed by atoms with Crippen LogP contribution >= 0.6 is 35.7 Å². The summed E-state index contributed by atoms with van der Waals surface area (Å²) in [6, 6.07) is 4.09. The average molecular weight is 452 g/mol. The minimum atomic E-state index is 0. The van der Waals surface area contributed by atoms with E-state index in [-0.39, 0.29) is 35.6 Å². The highest BCUT2D eigenvalue weighted by molar-refractivity contribution is 14.0. The van der Waals surface area contributed by atoms with E-state index >= 15 is 0 Å². The maximum absolute atomic E-state index is 5.67. The number of likely N-dealkylation sites (N-methyl/N-ethyl adjacent to an activating group) is 1. The normalized spacial score (nSPS) is 22.8. The molecule has 0 saturated carbocycles. The van der Waals surface area contributed by atoms with Gasteiger partial charge in [-0.3, -0.25) is 4.99 Å². The van der Waals surface area contributed by atoms with E-state index in [9.17, 15) is 0 Å². The van der Waals surface area contributed by atoms with Crippen LogP contribution in [0.1, 0.15) is 30.9 Å². The Morgan fingerprint density at radius 2 is 2.22 bits per heavy atom. The van der Waals surface area contributed by atoms with Crippen molar-refractivity contribution >= 4 is 41.7 Å². The van der Waals surface area contributed by atoms with Crippen molar-refractivity contribution in [3.05, 3.63) is 23.7 Å². The Bertz CT molecular complexity index is 512. The highest BCUT2D eigenvalue weighted by atomic mass is 127. The van der Waals surface area contributed by atoms with Crippen LogP contribution in [0.5, 0.6) is 0 Å². The van der Waals surface area contributed by atoms with Gasteiger partial charge in [-0.05, 0) is 52.2 Å². The van der Waals surface area contributed by atoms with Gasteiger partial charge in [0, 0.05) is 24.9 Å². The molecule has 132 valence electrons. The number of hydrogen-bond acceptors (Lipinski definition) is 4. The molecule has 2 N–H and O–H groups in total. The Morgan fingerprint density at radius 3 is 2.70 bits per heavy atom. The summed E-state index contributed by atoms with van der Waals surface area (Å²) < 4.78 is 5.67. The first-order chi connectivity index (χ1) is 10.5. The van der Waals surface area contributed by atoms with Crippen molar-refractivity contribution in [1.82, 2.24) is 15.5 Å². The molecule has 1 aromatic heterocycles. The van der Waals surface area contributed by atoms with Gasteiger partial charge in [-0.15, -0.1) is 24.0 Å². The van der Waals surface area contributed by atoms with Crippen molar-refractivity contribution in [2.24, 2.45) is 4.99 Å². The standard InChI is InChI=1S/C16H28N4OS.HI/c1-12-6-7-14(21-12)13(2)19-15(17-3)18-10-16(20(4)5)8-9-22-11-16;/h6-7,13H,8-11H2,1-5H3,(H2,17,18,19);1H. The van der Waals surface area contributed by atoms with E-state index in [0.29, 0.717) is 0 Å². The third-order valence-corrected chi connectivity index (χ3v) is 5.62. The maximum atomic E-state index is 5.67. The van der Waals surface area contributed by atoms with Gasteiger partial charge in [0.1, 0.15) is 11.5 Å². The quantitative estimate of drug-likeness (QED) is 0.409. The molecule has 5 nitrogen and oxygen atoms in total. The van der Waals surface area contributed by atoms with Crippen molar-refractivity contribution in [2.75, 3.05) is 39.2 Å². The molecular formula is C16H29IN4OS. The van der Waals surface area contributed by atoms with Crippen LogP contribution in [0.15, 0.2) is 21.5 Å². The number of hydrogen-bond donors (Lipinski definition) is 2. The molecular weight excluding hydrogens is 423 g/mol. The minimum absolute atomic E-state index is 0. The Kier molecular flexibility index (Phi) is 8.23. The number of aryl methyl sites for hydroxylation is 1. The van der Waals surface area contributed by atoms with Crippen LogP contribution in [-0.2, 0) is 0 Å².